The van der Waals surface area contributed by atoms with Crippen LogP contribution in [0, 0.1) is 5.92 Å². The molecule has 1 saturated heterocycles. The van der Waals surface area contributed by atoms with Gasteiger partial charge in [-0.1, -0.05) is 17.7 Å². The van der Waals surface area contributed by atoms with Crippen LogP contribution in [0.4, 0.5) is 5.69 Å². The van der Waals surface area contributed by atoms with E-state index < -0.39 is 6.10 Å². The van der Waals surface area contributed by atoms with Crippen LogP contribution in [0.1, 0.15) is 31.4 Å². The van der Waals surface area contributed by atoms with Gasteiger partial charge in [0.05, 0.1) is 16.8 Å². The zero-order chi connectivity index (χ0) is 14.7. The molecule has 0 spiro atoms. The Hall–Kier alpha value is -0.770. The number of anilines is 1. The van der Waals surface area contributed by atoms with Crippen LogP contribution in [0.5, 0.6) is 0 Å². The average molecular weight is 297 g/mol. The van der Waals surface area contributed by atoms with Crippen LogP contribution >= 0.6 is 11.6 Å². The number of hydrogen-bond acceptors (Lipinski definition) is 3. The number of aliphatic hydroxyl groups is 1. The van der Waals surface area contributed by atoms with E-state index in [9.17, 15) is 5.11 Å². The molecule has 1 aliphatic rings. The van der Waals surface area contributed by atoms with Gasteiger partial charge in [0.25, 0.3) is 0 Å². The smallest absolute Gasteiger partial charge is 0.0762 e. The summed E-state index contributed by atoms with van der Waals surface area (Å²) in [6.07, 6.45) is 2.04. The van der Waals surface area contributed by atoms with Gasteiger partial charge < -0.3 is 14.9 Å². The Morgan fingerprint density at radius 2 is 2.05 bits per heavy atom. The lowest BCUT2D eigenvalue weighted by atomic mass is 9.96. The van der Waals surface area contributed by atoms with Gasteiger partial charge in [0.2, 0.25) is 0 Å². The third-order valence-corrected chi connectivity index (χ3v) is 4.54. The lowest BCUT2D eigenvalue weighted by Gasteiger charge is -2.32. The molecule has 112 valence electrons. The normalized spacial score (nSPS) is 19.1. The Kier molecular flexibility index (Phi) is 5.30. The second kappa shape index (κ2) is 6.79. The molecule has 1 aliphatic heterocycles. The maximum absolute atomic E-state index is 9.59. The van der Waals surface area contributed by atoms with Crippen molar-refractivity contribution >= 4 is 17.3 Å². The Bertz CT molecular complexity index is 442. The molecule has 1 heterocycles. The molecule has 2 rings (SSSR count). The van der Waals surface area contributed by atoms with Crippen LogP contribution < -0.4 is 4.90 Å². The standard InChI is InChI=1S/C16H25ClN2O/c1-12(20)14-4-5-16(15(17)10-14)19(3)11-13-6-8-18(2)9-7-13/h4-5,10,12-13,20H,6-9,11H2,1-3H3/t12-/m0/s1. The highest BCUT2D eigenvalue weighted by atomic mass is 35.5. The molecule has 0 radical (unpaired) electrons. The number of benzene rings is 1. The zero-order valence-electron chi connectivity index (χ0n) is 12.6. The highest BCUT2D eigenvalue weighted by Gasteiger charge is 2.19. The maximum Gasteiger partial charge on any atom is 0.0762 e. The molecule has 1 aromatic carbocycles. The van der Waals surface area contributed by atoms with Crippen molar-refractivity contribution in [3.8, 4) is 0 Å². The first-order valence-electron chi connectivity index (χ1n) is 7.34. The molecule has 1 fully saturated rings. The summed E-state index contributed by atoms with van der Waals surface area (Å²) >= 11 is 6.35. The molecule has 0 bridgehead atoms. The SMILES string of the molecule is C[C@H](O)c1ccc(N(C)CC2CCN(C)CC2)c(Cl)c1. The zero-order valence-corrected chi connectivity index (χ0v) is 13.4. The fourth-order valence-electron chi connectivity index (χ4n) is 2.82. The second-order valence-electron chi connectivity index (χ2n) is 6.01. The van der Waals surface area contributed by atoms with Gasteiger partial charge in [-0.15, -0.1) is 0 Å². The predicted molar refractivity (Wildman–Crippen MR) is 85.6 cm³/mol. The Morgan fingerprint density at radius 1 is 1.40 bits per heavy atom. The van der Waals surface area contributed by atoms with Gasteiger partial charge in [-0.2, -0.15) is 0 Å². The molecule has 0 saturated carbocycles. The molecular weight excluding hydrogens is 272 g/mol. The Balaban J connectivity index is 2.00. The number of rotatable bonds is 4. The van der Waals surface area contributed by atoms with E-state index in [1.807, 2.05) is 18.2 Å². The first-order chi connectivity index (χ1) is 9.47. The number of halogens is 1. The molecule has 1 atom stereocenters. The van der Waals surface area contributed by atoms with Gasteiger partial charge >= 0.3 is 0 Å². The monoisotopic (exact) mass is 296 g/mol. The van der Waals surface area contributed by atoms with Crippen molar-refractivity contribution in [3.63, 3.8) is 0 Å². The number of likely N-dealkylation sites (tertiary alicyclic amines) is 1. The van der Waals surface area contributed by atoms with Gasteiger partial charge in [-0.05, 0) is 63.5 Å². The van der Waals surface area contributed by atoms with E-state index >= 15 is 0 Å². The first kappa shape index (κ1) is 15.6. The van der Waals surface area contributed by atoms with Gasteiger partial charge in [0.1, 0.15) is 0 Å². The quantitative estimate of drug-likeness (QED) is 0.924. The highest BCUT2D eigenvalue weighted by Crippen LogP contribution is 2.29. The first-order valence-corrected chi connectivity index (χ1v) is 7.72. The minimum atomic E-state index is -0.472. The molecule has 20 heavy (non-hydrogen) atoms. The predicted octanol–water partition coefficient (Wildman–Crippen LogP) is 3.17. The van der Waals surface area contributed by atoms with Crippen molar-refractivity contribution < 1.29 is 5.11 Å². The van der Waals surface area contributed by atoms with E-state index in [0.29, 0.717) is 0 Å². The van der Waals surface area contributed by atoms with E-state index in [1.54, 1.807) is 6.92 Å². The van der Waals surface area contributed by atoms with Crippen molar-refractivity contribution in [3.05, 3.63) is 28.8 Å². The molecule has 0 aliphatic carbocycles. The largest absolute Gasteiger partial charge is 0.389 e. The van der Waals surface area contributed by atoms with Crippen molar-refractivity contribution in [2.75, 3.05) is 38.6 Å². The molecule has 4 heteroatoms. The number of hydrogen-bond donors (Lipinski definition) is 1. The minimum Gasteiger partial charge on any atom is -0.389 e. The minimum absolute atomic E-state index is 0.472. The molecule has 1 N–H and O–H groups in total. The highest BCUT2D eigenvalue weighted by molar-refractivity contribution is 6.33. The van der Waals surface area contributed by atoms with E-state index in [0.717, 1.165) is 28.7 Å². The van der Waals surface area contributed by atoms with Gasteiger partial charge in [0, 0.05) is 13.6 Å². The maximum atomic E-state index is 9.59. The number of nitrogens with zero attached hydrogens (tertiary/aromatic N) is 2. The van der Waals surface area contributed by atoms with Crippen molar-refractivity contribution in [1.82, 2.24) is 4.90 Å². The third kappa shape index (κ3) is 3.87. The van der Waals surface area contributed by atoms with Crippen LogP contribution in [0.15, 0.2) is 18.2 Å². The number of piperidine rings is 1. The van der Waals surface area contributed by atoms with Gasteiger partial charge in [-0.25, -0.2) is 0 Å². The van der Waals surface area contributed by atoms with Crippen LogP contribution in [0.25, 0.3) is 0 Å². The molecule has 1 aromatic rings. The molecule has 0 aromatic heterocycles. The Labute approximate surface area is 127 Å². The fourth-order valence-corrected chi connectivity index (χ4v) is 3.16. The second-order valence-corrected chi connectivity index (χ2v) is 6.42. The lowest BCUT2D eigenvalue weighted by molar-refractivity contribution is 0.199. The topological polar surface area (TPSA) is 26.7 Å². The fraction of sp³-hybridized carbons (Fsp3) is 0.625. The van der Waals surface area contributed by atoms with Crippen LogP contribution in [0.3, 0.4) is 0 Å². The summed E-state index contributed by atoms with van der Waals surface area (Å²) in [5.74, 6) is 0.740. The third-order valence-electron chi connectivity index (χ3n) is 4.24. The molecule has 3 nitrogen and oxygen atoms in total. The van der Waals surface area contributed by atoms with E-state index in [2.05, 4.69) is 23.9 Å². The van der Waals surface area contributed by atoms with Gasteiger partial charge in [0.15, 0.2) is 0 Å². The molecule has 0 unspecified atom stereocenters. The summed E-state index contributed by atoms with van der Waals surface area (Å²) < 4.78 is 0. The molecular formula is C16H25ClN2O. The van der Waals surface area contributed by atoms with E-state index in [1.165, 1.54) is 25.9 Å². The summed E-state index contributed by atoms with van der Waals surface area (Å²) in [6.45, 7) is 5.18. The number of aliphatic hydroxyl groups excluding tert-OH is 1. The van der Waals surface area contributed by atoms with Crippen LogP contribution in [0.2, 0.25) is 5.02 Å². The molecule has 0 amide bonds. The summed E-state index contributed by atoms with van der Waals surface area (Å²) in [5.41, 5.74) is 1.92. The van der Waals surface area contributed by atoms with E-state index in [4.69, 9.17) is 11.6 Å². The lowest BCUT2D eigenvalue weighted by Crippen LogP contribution is -2.35. The summed E-state index contributed by atoms with van der Waals surface area (Å²) in [7, 11) is 4.28. The van der Waals surface area contributed by atoms with Crippen molar-refractivity contribution in [2.24, 2.45) is 5.92 Å². The summed E-state index contributed by atoms with van der Waals surface area (Å²) in [5, 5.41) is 10.3. The van der Waals surface area contributed by atoms with Crippen LogP contribution in [-0.4, -0.2) is 43.7 Å². The van der Waals surface area contributed by atoms with Crippen molar-refractivity contribution in [1.29, 1.82) is 0 Å². The summed E-state index contributed by atoms with van der Waals surface area (Å²) in [4.78, 5) is 4.63. The van der Waals surface area contributed by atoms with Crippen LogP contribution in [-0.2, 0) is 0 Å². The Morgan fingerprint density at radius 3 is 2.60 bits per heavy atom. The van der Waals surface area contributed by atoms with E-state index in [-0.39, 0.29) is 0 Å². The average Bonchev–Trinajstić information content (AvgIpc) is 2.41. The van der Waals surface area contributed by atoms with Gasteiger partial charge in [-0.3, -0.25) is 0 Å². The van der Waals surface area contributed by atoms with Crippen molar-refractivity contribution in [2.45, 2.75) is 25.9 Å². The summed E-state index contributed by atoms with van der Waals surface area (Å²) in [6, 6.07) is 5.84.